The summed E-state index contributed by atoms with van der Waals surface area (Å²) in [5, 5.41) is 15.7. The van der Waals surface area contributed by atoms with E-state index in [1.165, 1.54) is 17.5 Å². The first-order valence-corrected chi connectivity index (χ1v) is 7.69. The Kier molecular flexibility index (Phi) is 3.34. The molecule has 0 aliphatic heterocycles. The van der Waals surface area contributed by atoms with Crippen molar-refractivity contribution in [1.29, 1.82) is 5.26 Å². The smallest absolute Gasteiger partial charge is 0.265 e. The maximum Gasteiger partial charge on any atom is 0.265 e. The fraction of sp³-hybridized carbons (Fsp3) is 0.273. The van der Waals surface area contributed by atoms with Crippen molar-refractivity contribution in [1.82, 2.24) is 10.2 Å². The van der Waals surface area contributed by atoms with Crippen LogP contribution in [0.2, 0.25) is 0 Å². The first-order chi connectivity index (χ1) is 8.86. The molecule has 6 nitrogen and oxygen atoms in total. The summed E-state index contributed by atoms with van der Waals surface area (Å²) in [7, 11) is -3.72. The molecule has 2 aromatic rings. The van der Waals surface area contributed by atoms with E-state index in [9.17, 15) is 8.42 Å². The molecule has 0 aliphatic carbocycles. The molecule has 0 aromatic carbocycles. The van der Waals surface area contributed by atoms with Crippen molar-refractivity contribution in [3.8, 4) is 6.07 Å². The Morgan fingerprint density at radius 3 is 2.63 bits per heavy atom. The largest absolute Gasteiger partial charge is 0.281 e. The Balaban J connectivity index is 2.46. The highest BCUT2D eigenvalue weighted by atomic mass is 32.2. The molecule has 0 atom stereocenters. The van der Waals surface area contributed by atoms with Crippen LogP contribution < -0.4 is 4.72 Å². The van der Waals surface area contributed by atoms with Crippen LogP contribution in [0.5, 0.6) is 0 Å². The number of rotatable bonds is 3. The quantitative estimate of drug-likeness (QED) is 0.905. The lowest BCUT2D eigenvalue weighted by Gasteiger charge is -2.05. The van der Waals surface area contributed by atoms with E-state index in [1.807, 2.05) is 13.0 Å². The van der Waals surface area contributed by atoms with E-state index in [1.54, 1.807) is 13.8 Å². The van der Waals surface area contributed by atoms with Crippen molar-refractivity contribution < 1.29 is 8.42 Å². The van der Waals surface area contributed by atoms with Crippen LogP contribution in [0.1, 0.15) is 21.7 Å². The zero-order chi connectivity index (χ0) is 14.2. The molecule has 2 N–H and O–H groups in total. The molecular formula is C11H12N4O2S2. The predicted molar refractivity (Wildman–Crippen MR) is 72.6 cm³/mol. The van der Waals surface area contributed by atoms with Gasteiger partial charge in [-0.05, 0) is 26.3 Å². The molecule has 0 fully saturated rings. The van der Waals surface area contributed by atoms with Crippen LogP contribution >= 0.6 is 11.3 Å². The van der Waals surface area contributed by atoms with Gasteiger partial charge in [-0.1, -0.05) is 0 Å². The maximum absolute atomic E-state index is 12.2. The summed E-state index contributed by atoms with van der Waals surface area (Å²) in [5.74, 6) is 0. The van der Waals surface area contributed by atoms with Crippen molar-refractivity contribution >= 4 is 26.4 Å². The monoisotopic (exact) mass is 296 g/mol. The molecule has 0 spiro atoms. The number of thiophene rings is 1. The zero-order valence-corrected chi connectivity index (χ0v) is 12.2. The molecule has 0 unspecified atom stereocenters. The Morgan fingerprint density at radius 2 is 2.11 bits per heavy atom. The molecule has 0 radical (unpaired) electrons. The average Bonchev–Trinajstić information content (AvgIpc) is 2.85. The molecular weight excluding hydrogens is 284 g/mol. The standard InChI is InChI=1S/C11H12N4O2S2/c1-6-8(3)18-11(9(6)4-12)15-19(16,17)10-5-13-14-7(10)2/h5,15H,1-3H3,(H,13,14). The predicted octanol–water partition coefficient (Wildman–Crippen LogP) is 2.07. The van der Waals surface area contributed by atoms with Crippen LogP contribution in [0.4, 0.5) is 5.00 Å². The summed E-state index contributed by atoms with van der Waals surface area (Å²) in [6.45, 7) is 5.27. The van der Waals surface area contributed by atoms with Gasteiger partial charge in [0, 0.05) is 4.88 Å². The van der Waals surface area contributed by atoms with Gasteiger partial charge in [0.05, 0.1) is 17.5 Å². The summed E-state index contributed by atoms with van der Waals surface area (Å²) in [6.07, 6.45) is 1.25. The second-order valence-electron chi connectivity index (χ2n) is 4.06. The molecule has 0 saturated heterocycles. The molecule has 8 heteroatoms. The molecule has 2 aromatic heterocycles. The van der Waals surface area contributed by atoms with E-state index in [0.717, 1.165) is 10.4 Å². The lowest BCUT2D eigenvalue weighted by molar-refractivity contribution is 0.601. The number of sulfonamides is 1. The first-order valence-electron chi connectivity index (χ1n) is 5.39. The second-order valence-corrected chi connectivity index (χ2v) is 6.94. The van der Waals surface area contributed by atoms with Crippen molar-refractivity contribution in [2.24, 2.45) is 0 Å². The van der Waals surface area contributed by atoms with Gasteiger partial charge in [-0.15, -0.1) is 11.3 Å². The fourth-order valence-electron chi connectivity index (χ4n) is 1.62. The van der Waals surface area contributed by atoms with Crippen LogP contribution in [0, 0.1) is 32.1 Å². The van der Waals surface area contributed by atoms with Gasteiger partial charge in [0.1, 0.15) is 16.0 Å². The highest BCUT2D eigenvalue weighted by molar-refractivity contribution is 7.93. The van der Waals surface area contributed by atoms with E-state index in [0.29, 0.717) is 16.3 Å². The van der Waals surface area contributed by atoms with Gasteiger partial charge in [-0.2, -0.15) is 10.4 Å². The third kappa shape index (κ3) is 2.34. The number of nitrogens with zero attached hydrogens (tertiary/aromatic N) is 2. The maximum atomic E-state index is 12.2. The SMILES string of the molecule is Cc1[nH]ncc1S(=O)(=O)Nc1sc(C)c(C)c1C#N. The molecule has 19 heavy (non-hydrogen) atoms. The number of hydrogen-bond donors (Lipinski definition) is 2. The number of anilines is 1. The number of aromatic nitrogens is 2. The fourth-order valence-corrected chi connectivity index (χ4v) is 4.08. The highest BCUT2D eigenvalue weighted by Gasteiger charge is 2.22. The topological polar surface area (TPSA) is 98.6 Å². The van der Waals surface area contributed by atoms with Crippen molar-refractivity contribution in [3.63, 3.8) is 0 Å². The van der Waals surface area contributed by atoms with Crippen molar-refractivity contribution in [2.75, 3.05) is 4.72 Å². The summed E-state index contributed by atoms with van der Waals surface area (Å²) >= 11 is 1.25. The van der Waals surface area contributed by atoms with E-state index in [4.69, 9.17) is 5.26 Å². The minimum absolute atomic E-state index is 0.0834. The number of aryl methyl sites for hydroxylation is 2. The minimum atomic E-state index is -3.72. The first kappa shape index (κ1) is 13.6. The lowest BCUT2D eigenvalue weighted by atomic mass is 10.2. The minimum Gasteiger partial charge on any atom is -0.281 e. The van der Waals surface area contributed by atoms with Crippen LogP contribution in [0.15, 0.2) is 11.1 Å². The van der Waals surface area contributed by atoms with Crippen molar-refractivity contribution in [3.05, 3.63) is 27.9 Å². The van der Waals surface area contributed by atoms with Crippen LogP contribution in [-0.4, -0.2) is 18.6 Å². The molecule has 2 rings (SSSR count). The van der Waals surface area contributed by atoms with Gasteiger partial charge in [-0.3, -0.25) is 9.82 Å². The molecule has 0 saturated carbocycles. The van der Waals surface area contributed by atoms with Crippen LogP contribution in [0.3, 0.4) is 0 Å². The van der Waals surface area contributed by atoms with Crippen LogP contribution in [0.25, 0.3) is 0 Å². The van der Waals surface area contributed by atoms with Gasteiger partial charge in [0.15, 0.2) is 0 Å². The third-order valence-corrected chi connectivity index (χ3v) is 5.51. The van der Waals surface area contributed by atoms with E-state index in [2.05, 4.69) is 14.9 Å². The third-order valence-electron chi connectivity index (χ3n) is 2.80. The van der Waals surface area contributed by atoms with Crippen LogP contribution in [-0.2, 0) is 10.0 Å². The normalized spacial score (nSPS) is 11.3. The van der Waals surface area contributed by atoms with E-state index < -0.39 is 10.0 Å². The van der Waals surface area contributed by atoms with Crippen molar-refractivity contribution in [2.45, 2.75) is 25.7 Å². The summed E-state index contributed by atoms with van der Waals surface area (Å²) in [5.41, 5.74) is 1.62. The van der Waals surface area contributed by atoms with Gasteiger partial charge in [-0.25, -0.2) is 8.42 Å². The van der Waals surface area contributed by atoms with Gasteiger partial charge >= 0.3 is 0 Å². The van der Waals surface area contributed by atoms with E-state index in [-0.39, 0.29) is 4.90 Å². The number of H-pyrrole nitrogens is 1. The Morgan fingerprint density at radius 1 is 1.42 bits per heavy atom. The second kappa shape index (κ2) is 4.68. The Hall–Kier alpha value is -1.85. The number of hydrogen-bond acceptors (Lipinski definition) is 5. The molecule has 0 amide bonds. The molecule has 0 aliphatic rings. The average molecular weight is 296 g/mol. The lowest BCUT2D eigenvalue weighted by Crippen LogP contribution is -2.13. The Bertz CT molecular complexity index is 765. The summed E-state index contributed by atoms with van der Waals surface area (Å²) in [4.78, 5) is 0.998. The number of aromatic amines is 1. The molecule has 100 valence electrons. The zero-order valence-electron chi connectivity index (χ0n) is 10.6. The number of nitrogens with one attached hydrogen (secondary N) is 2. The Labute approximate surface area is 115 Å². The van der Waals surface area contributed by atoms with E-state index >= 15 is 0 Å². The van der Waals surface area contributed by atoms with Gasteiger partial charge in [0.2, 0.25) is 0 Å². The molecule has 2 heterocycles. The molecule has 0 bridgehead atoms. The van der Waals surface area contributed by atoms with Gasteiger partial charge in [0.25, 0.3) is 10.0 Å². The number of nitriles is 1. The highest BCUT2D eigenvalue weighted by Crippen LogP contribution is 2.33. The summed E-state index contributed by atoms with van der Waals surface area (Å²) < 4.78 is 26.8. The van der Waals surface area contributed by atoms with Gasteiger partial charge < -0.3 is 0 Å². The summed E-state index contributed by atoms with van der Waals surface area (Å²) in [6, 6.07) is 2.03.